The van der Waals surface area contributed by atoms with Gasteiger partial charge in [-0.2, -0.15) is 0 Å². The van der Waals surface area contributed by atoms with Gasteiger partial charge in [0.05, 0.1) is 5.56 Å². The lowest BCUT2D eigenvalue weighted by Crippen LogP contribution is -2.27. The molecule has 0 atom stereocenters. The van der Waals surface area contributed by atoms with Crippen molar-refractivity contribution in [3.63, 3.8) is 0 Å². The van der Waals surface area contributed by atoms with Crippen LogP contribution in [0.15, 0.2) is 18.5 Å². The van der Waals surface area contributed by atoms with Crippen LogP contribution in [-0.4, -0.2) is 35.1 Å². The van der Waals surface area contributed by atoms with Crippen molar-refractivity contribution in [3.8, 4) is 11.8 Å². The number of hydrogen-bond donors (Lipinski definition) is 3. The fourth-order valence-electron chi connectivity index (χ4n) is 1.18. The van der Waals surface area contributed by atoms with Crippen LogP contribution in [0.1, 0.15) is 22.3 Å². The first-order valence-corrected chi connectivity index (χ1v) is 5.24. The van der Waals surface area contributed by atoms with E-state index in [0.717, 1.165) is 0 Å². The van der Waals surface area contributed by atoms with E-state index in [9.17, 15) is 9.59 Å². The van der Waals surface area contributed by atoms with E-state index in [1.807, 2.05) is 0 Å². The van der Waals surface area contributed by atoms with Crippen LogP contribution in [0.2, 0.25) is 0 Å². The Morgan fingerprint density at radius 1 is 1.44 bits per heavy atom. The number of carbonyl (C=O) groups is 2. The summed E-state index contributed by atoms with van der Waals surface area (Å²) in [6.07, 6.45) is 2.97. The van der Waals surface area contributed by atoms with Crippen molar-refractivity contribution in [3.05, 3.63) is 29.6 Å². The standard InChI is InChI=1S/C12H13N3O3/c13-11(17)3-4-15-12(18)10-6-9(2-1-5-16)7-14-8-10/h6-8,16H,3-5H2,(H2,13,17)(H,15,18). The quantitative estimate of drug-likeness (QED) is 0.595. The zero-order valence-electron chi connectivity index (χ0n) is 9.64. The summed E-state index contributed by atoms with van der Waals surface area (Å²) in [5.41, 5.74) is 5.82. The summed E-state index contributed by atoms with van der Waals surface area (Å²) in [6, 6.07) is 1.55. The minimum Gasteiger partial charge on any atom is -0.384 e. The highest BCUT2D eigenvalue weighted by Crippen LogP contribution is 2.01. The minimum atomic E-state index is -0.476. The number of nitrogens with zero attached hydrogens (tertiary/aromatic N) is 1. The maximum Gasteiger partial charge on any atom is 0.252 e. The maximum absolute atomic E-state index is 11.7. The van der Waals surface area contributed by atoms with Gasteiger partial charge in [-0.1, -0.05) is 11.8 Å². The maximum atomic E-state index is 11.7. The summed E-state index contributed by atoms with van der Waals surface area (Å²) in [5.74, 6) is 4.28. The molecule has 2 amide bonds. The fraction of sp³-hybridized carbons (Fsp3) is 0.250. The van der Waals surface area contributed by atoms with Crippen LogP contribution < -0.4 is 11.1 Å². The van der Waals surface area contributed by atoms with Gasteiger partial charge in [-0.3, -0.25) is 14.6 Å². The molecular formula is C12H13N3O3. The Kier molecular flexibility index (Phi) is 5.35. The smallest absolute Gasteiger partial charge is 0.252 e. The van der Waals surface area contributed by atoms with Gasteiger partial charge >= 0.3 is 0 Å². The summed E-state index contributed by atoms with van der Waals surface area (Å²) >= 11 is 0. The first-order valence-electron chi connectivity index (χ1n) is 5.24. The van der Waals surface area contributed by atoms with Gasteiger partial charge in [0.2, 0.25) is 5.91 Å². The van der Waals surface area contributed by atoms with E-state index in [1.165, 1.54) is 12.4 Å². The second kappa shape index (κ2) is 7.04. The molecule has 0 unspecified atom stereocenters. The summed E-state index contributed by atoms with van der Waals surface area (Å²) in [6.45, 7) is -0.0737. The molecule has 0 saturated carbocycles. The zero-order valence-corrected chi connectivity index (χ0v) is 9.64. The van der Waals surface area contributed by atoms with Crippen LogP contribution in [-0.2, 0) is 4.79 Å². The van der Waals surface area contributed by atoms with E-state index in [0.29, 0.717) is 11.1 Å². The van der Waals surface area contributed by atoms with Gasteiger partial charge in [-0.25, -0.2) is 0 Å². The molecule has 1 heterocycles. The van der Waals surface area contributed by atoms with Crippen molar-refractivity contribution < 1.29 is 14.7 Å². The molecule has 6 heteroatoms. The van der Waals surface area contributed by atoms with Gasteiger partial charge in [-0.15, -0.1) is 0 Å². The molecule has 0 aliphatic heterocycles. The number of nitrogens with two attached hydrogens (primary N) is 1. The number of pyridine rings is 1. The van der Waals surface area contributed by atoms with Crippen LogP contribution >= 0.6 is 0 Å². The third kappa shape index (κ3) is 4.63. The van der Waals surface area contributed by atoms with Gasteiger partial charge in [0.15, 0.2) is 0 Å². The van der Waals surface area contributed by atoms with Crippen molar-refractivity contribution >= 4 is 11.8 Å². The van der Waals surface area contributed by atoms with Crippen molar-refractivity contribution in [1.29, 1.82) is 0 Å². The lowest BCUT2D eigenvalue weighted by atomic mass is 10.2. The van der Waals surface area contributed by atoms with E-state index < -0.39 is 5.91 Å². The predicted molar refractivity (Wildman–Crippen MR) is 64.3 cm³/mol. The summed E-state index contributed by atoms with van der Waals surface area (Å²) in [7, 11) is 0. The molecule has 0 aliphatic carbocycles. The molecule has 1 aromatic rings. The van der Waals surface area contributed by atoms with E-state index in [2.05, 4.69) is 22.1 Å². The van der Waals surface area contributed by atoms with Crippen LogP contribution in [0.4, 0.5) is 0 Å². The molecule has 0 spiro atoms. The Balaban J connectivity index is 2.65. The number of hydrogen-bond acceptors (Lipinski definition) is 4. The Morgan fingerprint density at radius 3 is 2.89 bits per heavy atom. The van der Waals surface area contributed by atoms with Gasteiger partial charge in [0, 0.05) is 30.9 Å². The molecule has 0 bridgehead atoms. The molecule has 18 heavy (non-hydrogen) atoms. The molecule has 94 valence electrons. The van der Waals surface area contributed by atoms with Gasteiger partial charge < -0.3 is 16.2 Å². The van der Waals surface area contributed by atoms with Gasteiger partial charge in [0.1, 0.15) is 6.61 Å². The van der Waals surface area contributed by atoms with E-state index in [4.69, 9.17) is 10.8 Å². The Morgan fingerprint density at radius 2 is 2.22 bits per heavy atom. The molecule has 0 aromatic carbocycles. The van der Waals surface area contributed by atoms with Crippen molar-refractivity contribution in [2.24, 2.45) is 5.73 Å². The number of aromatic nitrogens is 1. The highest BCUT2D eigenvalue weighted by molar-refractivity contribution is 5.94. The van der Waals surface area contributed by atoms with Gasteiger partial charge in [-0.05, 0) is 6.07 Å². The summed E-state index contributed by atoms with van der Waals surface area (Å²) < 4.78 is 0. The molecule has 0 aliphatic rings. The van der Waals surface area contributed by atoms with E-state index in [-0.39, 0.29) is 25.5 Å². The number of rotatable bonds is 4. The fourth-order valence-corrected chi connectivity index (χ4v) is 1.18. The molecular weight excluding hydrogens is 234 g/mol. The Labute approximate surface area is 104 Å². The number of amides is 2. The van der Waals surface area contributed by atoms with Crippen molar-refractivity contribution in [2.75, 3.05) is 13.2 Å². The van der Waals surface area contributed by atoms with Crippen LogP contribution in [0.3, 0.4) is 0 Å². The first-order chi connectivity index (χ1) is 8.63. The van der Waals surface area contributed by atoms with E-state index >= 15 is 0 Å². The molecule has 0 saturated heterocycles. The second-order valence-corrected chi connectivity index (χ2v) is 3.39. The number of aliphatic hydroxyl groups is 1. The highest BCUT2D eigenvalue weighted by Gasteiger charge is 2.06. The molecule has 1 aromatic heterocycles. The minimum absolute atomic E-state index is 0.0865. The average Bonchev–Trinajstić information content (AvgIpc) is 2.36. The van der Waals surface area contributed by atoms with Crippen molar-refractivity contribution in [2.45, 2.75) is 6.42 Å². The highest BCUT2D eigenvalue weighted by atomic mass is 16.2. The Hall–Kier alpha value is -2.39. The topological polar surface area (TPSA) is 105 Å². The lowest BCUT2D eigenvalue weighted by molar-refractivity contribution is -0.117. The first kappa shape index (κ1) is 13.7. The number of aliphatic hydroxyl groups excluding tert-OH is 1. The largest absolute Gasteiger partial charge is 0.384 e. The SMILES string of the molecule is NC(=O)CCNC(=O)c1cncc(C#CCO)c1. The van der Waals surface area contributed by atoms with Crippen LogP contribution in [0, 0.1) is 11.8 Å². The predicted octanol–water partition coefficient (Wildman–Crippen LogP) is -0.969. The number of primary amides is 1. The molecule has 0 fully saturated rings. The Bertz CT molecular complexity index is 503. The third-order valence-corrected chi connectivity index (χ3v) is 1.97. The second-order valence-electron chi connectivity index (χ2n) is 3.39. The summed E-state index contributed by atoms with van der Waals surface area (Å²) in [4.78, 5) is 26.0. The van der Waals surface area contributed by atoms with E-state index in [1.54, 1.807) is 6.07 Å². The molecule has 0 radical (unpaired) electrons. The summed E-state index contributed by atoms with van der Waals surface area (Å²) in [5, 5.41) is 11.1. The third-order valence-electron chi connectivity index (χ3n) is 1.97. The number of nitrogens with one attached hydrogen (secondary N) is 1. The van der Waals surface area contributed by atoms with Crippen LogP contribution in [0.25, 0.3) is 0 Å². The van der Waals surface area contributed by atoms with Gasteiger partial charge in [0.25, 0.3) is 5.91 Å². The molecule has 1 rings (SSSR count). The normalized spacial score (nSPS) is 9.17. The lowest BCUT2D eigenvalue weighted by Gasteiger charge is -2.03. The zero-order chi connectivity index (χ0) is 13.4. The monoisotopic (exact) mass is 247 g/mol. The number of carbonyl (C=O) groups excluding carboxylic acids is 2. The molecule has 4 N–H and O–H groups in total. The van der Waals surface area contributed by atoms with Crippen molar-refractivity contribution in [1.82, 2.24) is 10.3 Å². The molecule has 6 nitrogen and oxygen atoms in total. The average molecular weight is 247 g/mol. The van der Waals surface area contributed by atoms with Crippen LogP contribution in [0.5, 0.6) is 0 Å².